The molecular formula is C14H15F3O3. The van der Waals surface area contributed by atoms with Crippen LogP contribution in [0, 0.1) is 0 Å². The zero-order chi connectivity index (χ0) is 14.6. The Bertz CT molecular complexity index is 537. The van der Waals surface area contributed by atoms with Crippen molar-refractivity contribution in [1.82, 2.24) is 0 Å². The molecule has 0 aliphatic carbocycles. The number of halogens is 3. The Morgan fingerprint density at radius 3 is 2.50 bits per heavy atom. The van der Waals surface area contributed by atoms with Crippen LogP contribution in [0.1, 0.15) is 25.8 Å². The summed E-state index contributed by atoms with van der Waals surface area (Å²) in [5, 5.41) is 0. The van der Waals surface area contributed by atoms with Crippen LogP contribution in [0.3, 0.4) is 0 Å². The van der Waals surface area contributed by atoms with E-state index in [0.29, 0.717) is 17.1 Å². The smallest absolute Gasteiger partial charge is 0.420 e. The van der Waals surface area contributed by atoms with Crippen LogP contribution in [-0.2, 0) is 10.2 Å². The lowest BCUT2D eigenvalue weighted by atomic mass is 9.69. The SMILES string of the molecule is CCC(C)(c1cccc2c1OCO2)C1(C(F)(F)F)CO1. The van der Waals surface area contributed by atoms with Gasteiger partial charge in [-0.3, -0.25) is 0 Å². The van der Waals surface area contributed by atoms with Crippen molar-refractivity contribution in [3.8, 4) is 11.5 Å². The molecule has 2 atom stereocenters. The van der Waals surface area contributed by atoms with Crippen molar-refractivity contribution in [2.24, 2.45) is 0 Å². The van der Waals surface area contributed by atoms with E-state index < -0.39 is 17.2 Å². The van der Waals surface area contributed by atoms with E-state index in [4.69, 9.17) is 14.2 Å². The number of rotatable bonds is 3. The van der Waals surface area contributed by atoms with Crippen molar-refractivity contribution in [3.63, 3.8) is 0 Å². The van der Waals surface area contributed by atoms with E-state index in [0.717, 1.165) is 0 Å². The van der Waals surface area contributed by atoms with Gasteiger partial charge in [0.25, 0.3) is 0 Å². The molecule has 2 aliphatic rings. The second-order valence-corrected chi connectivity index (χ2v) is 5.34. The lowest BCUT2D eigenvalue weighted by Gasteiger charge is -2.36. The molecule has 6 heteroatoms. The molecule has 2 heterocycles. The molecule has 2 unspecified atom stereocenters. The third-order valence-corrected chi connectivity index (χ3v) is 4.48. The number of ether oxygens (including phenoxy) is 3. The highest BCUT2D eigenvalue weighted by Crippen LogP contribution is 2.59. The fraction of sp³-hybridized carbons (Fsp3) is 0.571. The number of hydrogen-bond acceptors (Lipinski definition) is 3. The standard InChI is InChI=1S/C14H15F3O3/c1-3-12(2,13(7-20-13)14(15,16)17)9-5-4-6-10-11(9)19-8-18-10/h4-6H,3,7-8H2,1-2H3. The molecule has 1 aromatic rings. The minimum atomic E-state index is -4.42. The summed E-state index contributed by atoms with van der Waals surface area (Å²) in [5.74, 6) is 0.885. The van der Waals surface area contributed by atoms with Gasteiger partial charge in [-0.15, -0.1) is 0 Å². The fourth-order valence-corrected chi connectivity index (χ4v) is 2.93. The van der Waals surface area contributed by atoms with Gasteiger partial charge in [-0.25, -0.2) is 0 Å². The van der Waals surface area contributed by atoms with Gasteiger partial charge in [-0.1, -0.05) is 26.0 Å². The first-order valence-electron chi connectivity index (χ1n) is 6.45. The van der Waals surface area contributed by atoms with E-state index in [-0.39, 0.29) is 19.8 Å². The van der Waals surface area contributed by atoms with E-state index in [1.165, 1.54) is 0 Å². The molecule has 0 bridgehead atoms. The molecule has 0 amide bonds. The van der Waals surface area contributed by atoms with Crippen LogP contribution in [0.5, 0.6) is 11.5 Å². The van der Waals surface area contributed by atoms with Gasteiger partial charge in [0.2, 0.25) is 6.79 Å². The quantitative estimate of drug-likeness (QED) is 0.799. The second-order valence-electron chi connectivity index (χ2n) is 5.34. The van der Waals surface area contributed by atoms with Crippen molar-refractivity contribution >= 4 is 0 Å². The lowest BCUT2D eigenvalue weighted by Crippen LogP contribution is -2.50. The highest BCUT2D eigenvalue weighted by Gasteiger charge is 2.74. The Balaban J connectivity index is 2.14. The fourth-order valence-electron chi connectivity index (χ4n) is 2.93. The summed E-state index contributed by atoms with van der Waals surface area (Å²) in [6.07, 6.45) is -4.13. The topological polar surface area (TPSA) is 31.0 Å². The van der Waals surface area contributed by atoms with E-state index in [1.807, 2.05) is 0 Å². The number of hydrogen-bond donors (Lipinski definition) is 0. The van der Waals surface area contributed by atoms with Crippen LogP contribution >= 0.6 is 0 Å². The zero-order valence-electron chi connectivity index (χ0n) is 11.2. The summed E-state index contributed by atoms with van der Waals surface area (Å²) in [4.78, 5) is 0. The molecule has 110 valence electrons. The minimum absolute atomic E-state index is 0.0337. The summed E-state index contributed by atoms with van der Waals surface area (Å²) >= 11 is 0. The monoisotopic (exact) mass is 288 g/mol. The molecule has 1 saturated heterocycles. The van der Waals surface area contributed by atoms with Crippen LogP contribution in [0.25, 0.3) is 0 Å². The molecular weight excluding hydrogens is 273 g/mol. The van der Waals surface area contributed by atoms with Gasteiger partial charge in [0.05, 0.1) is 6.61 Å². The summed E-state index contributed by atoms with van der Waals surface area (Å²) in [5.41, 5.74) is -2.84. The summed E-state index contributed by atoms with van der Waals surface area (Å²) in [7, 11) is 0. The Morgan fingerprint density at radius 1 is 1.25 bits per heavy atom. The first kappa shape index (κ1) is 13.5. The van der Waals surface area contributed by atoms with E-state index in [1.54, 1.807) is 32.0 Å². The molecule has 2 aliphatic heterocycles. The van der Waals surface area contributed by atoms with Gasteiger partial charge in [0.15, 0.2) is 17.1 Å². The highest BCUT2D eigenvalue weighted by molar-refractivity contribution is 5.53. The van der Waals surface area contributed by atoms with Crippen LogP contribution in [0.15, 0.2) is 18.2 Å². The van der Waals surface area contributed by atoms with Crippen molar-refractivity contribution < 1.29 is 27.4 Å². The molecule has 0 saturated carbocycles. The van der Waals surface area contributed by atoms with Gasteiger partial charge in [0, 0.05) is 11.0 Å². The van der Waals surface area contributed by atoms with E-state index >= 15 is 0 Å². The molecule has 1 fully saturated rings. The minimum Gasteiger partial charge on any atom is -0.454 e. The first-order valence-corrected chi connectivity index (χ1v) is 6.45. The Hall–Kier alpha value is -1.43. The number of para-hydroxylation sites is 1. The summed E-state index contributed by atoms with van der Waals surface area (Å²) in [6, 6.07) is 5.03. The first-order chi connectivity index (χ1) is 9.36. The maximum absolute atomic E-state index is 13.4. The highest BCUT2D eigenvalue weighted by atomic mass is 19.4. The predicted molar refractivity (Wildman–Crippen MR) is 64.9 cm³/mol. The van der Waals surface area contributed by atoms with Crippen LogP contribution in [0.2, 0.25) is 0 Å². The van der Waals surface area contributed by atoms with Crippen molar-refractivity contribution in [1.29, 1.82) is 0 Å². The molecule has 1 aromatic carbocycles. The van der Waals surface area contributed by atoms with Gasteiger partial charge in [-0.05, 0) is 12.5 Å². The molecule has 0 N–H and O–H groups in total. The van der Waals surface area contributed by atoms with E-state index in [2.05, 4.69) is 0 Å². The van der Waals surface area contributed by atoms with Crippen molar-refractivity contribution in [2.75, 3.05) is 13.4 Å². The van der Waals surface area contributed by atoms with Crippen molar-refractivity contribution in [3.05, 3.63) is 23.8 Å². The van der Waals surface area contributed by atoms with E-state index in [9.17, 15) is 13.2 Å². The van der Waals surface area contributed by atoms with Gasteiger partial charge in [-0.2, -0.15) is 13.2 Å². The average molecular weight is 288 g/mol. The maximum Gasteiger partial charge on any atom is 0.420 e. The lowest BCUT2D eigenvalue weighted by molar-refractivity contribution is -0.203. The summed E-state index contributed by atoms with van der Waals surface area (Å²) in [6.45, 7) is 3.02. The third-order valence-electron chi connectivity index (χ3n) is 4.48. The largest absolute Gasteiger partial charge is 0.454 e. The van der Waals surface area contributed by atoms with Crippen LogP contribution in [-0.4, -0.2) is 25.2 Å². The summed E-state index contributed by atoms with van der Waals surface area (Å²) < 4.78 is 55.8. The molecule has 0 spiro atoms. The number of fused-ring (bicyclic) bond motifs is 1. The molecule has 3 nitrogen and oxygen atoms in total. The Labute approximate surface area is 114 Å². The normalized spacial score (nSPS) is 27.2. The number of epoxide rings is 1. The van der Waals surface area contributed by atoms with Crippen molar-refractivity contribution in [2.45, 2.75) is 37.5 Å². The molecule has 0 aromatic heterocycles. The predicted octanol–water partition coefficient (Wildman–Crippen LogP) is 3.41. The van der Waals surface area contributed by atoms with Crippen LogP contribution < -0.4 is 9.47 Å². The Morgan fingerprint density at radius 2 is 1.95 bits per heavy atom. The molecule has 20 heavy (non-hydrogen) atoms. The third kappa shape index (κ3) is 1.57. The zero-order valence-corrected chi connectivity index (χ0v) is 11.2. The molecule has 3 rings (SSSR count). The van der Waals surface area contributed by atoms with Crippen LogP contribution in [0.4, 0.5) is 13.2 Å². The number of benzene rings is 1. The van der Waals surface area contributed by atoms with Gasteiger partial charge < -0.3 is 14.2 Å². The molecule has 0 radical (unpaired) electrons. The number of alkyl halides is 3. The second kappa shape index (κ2) is 4.04. The maximum atomic E-state index is 13.4. The Kier molecular flexibility index (Phi) is 2.73. The van der Waals surface area contributed by atoms with Gasteiger partial charge in [0.1, 0.15) is 0 Å². The average Bonchev–Trinajstić information content (AvgIpc) is 3.10. The van der Waals surface area contributed by atoms with Gasteiger partial charge >= 0.3 is 6.18 Å².